The van der Waals surface area contributed by atoms with Crippen LogP contribution in [0.2, 0.25) is 0 Å². The minimum atomic E-state index is 0.0266. The van der Waals surface area contributed by atoms with Crippen LogP contribution in [0.25, 0.3) is 0 Å². The standard InChI is InChI=1S/C8H13NO2/c1-6(10)8(9-11-2)5-7-3-4-7/h7H,3-5H2,1-2H3/b9-8-. The van der Waals surface area contributed by atoms with Crippen LogP contribution in [0.3, 0.4) is 0 Å². The van der Waals surface area contributed by atoms with E-state index in [1.165, 1.54) is 26.9 Å². The molecule has 0 heterocycles. The molecule has 3 nitrogen and oxygen atoms in total. The van der Waals surface area contributed by atoms with Crippen molar-refractivity contribution in [2.24, 2.45) is 11.1 Å². The highest BCUT2D eigenvalue weighted by atomic mass is 16.6. The van der Waals surface area contributed by atoms with Gasteiger partial charge in [0.25, 0.3) is 0 Å². The van der Waals surface area contributed by atoms with Crippen LogP contribution in [0.5, 0.6) is 0 Å². The Balaban J connectivity index is 2.43. The number of carbonyl (C=O) groups is 1. The second-order valence-electron chi connectivity index (χ2n) is 2.92. The Morgan fingerprint density at radius 2 is 2.27 bits per heavy atom. The van der Waals surface area contributed by atoms with Crippen LogP contribution in [-0.2, 0) is 9.63 Å². The lowest BCUT2D eigenvalue weighted by molar-refractivity contribution is -0.111. The largest absolute Gasteiger partial charge is 0.399 e. The van der Waals surface area contributed by atoms with Gasteiger partial charge in [-0.05, 0) is 25.2 Å². The van der Waals surface area contributed by atoms with Gasteiger partial charge in [-0.1, -0.05) is 5.16 Å². The van der Waals surface area contributed by atoms with Gasteiger partial charge < -0.3 is 4.84 Å². The van der Waals surface area contributed by atoms with Gasteiger partial charge in [0.15, 0.2) is 5.78 Å². The van der Waals surface area contributed by atoms with E-state index >= 15 is 0 Å². The highest BCUT2D eigenvalue weighted by Gasteiger charge is 2.25. The zero-order valence-corrected chi connectivity index (χ0v) is 6.96. The zero-order valence-electron chi connectivity index (χ0n) is 6.96. The molecule has 1 aliphatic rings. The van der Waals surface area contributed by atoms with Gasteiger partial charge in [0, 0.05) is 6.92 Å². The first-order chi connectivity index (χ1) is 5.24. The molecule has 0 aliphatic heterocycles. The number of ketones is 1. The maximum Gasteiger partial charge on any atom is 0.177 e. The first kappa shape index (κ1) is 8.24. The molecule has 1 saturated carbocycles. The fraction of sp³-hybridized carbons (Fsp3) is 0.750. The normalized spacial score (nSPS) is 18.2. The first-order valence-electron chi connectivity index (χ1n) is 3.85. The second kappa shape index (κ2) is 3.51. The highest BCUT2D eigenvalue weighted by molar-refractivity contribution is 6.38. The zero-order chi connectivity index (χ0) is 8.27. The van der Waals surface area contributed by atoms with E-state index in [9.17, 15) is 4.79 Å². The van der Waals surface area contributed by atoms with Crippen molar-refractivity contribution in [2.75, 3.05) is 7.11 Å². The van der Waals surface area contributed by atoms with Crippen molar-refractivity contribution in [2.45, 2.75) is 26.2 Å². The molecular weight excluding hydrogens is 142 g/mol. The lowest BCUT2D eigenvalue weighted by Crippen LogP contribution is -2.10. The molecule has 0 aromatic rings. The van der Waals surface area contributed by atoms with Crippen molar-refractivity contribution in [1.82, 2.24) is 0 Å². The molecule has 0 aromatic carbocycles. The molecule has 0 saturated heterocycles. The molecule has 11 heavy (non-hydrogen) atoms. The predicted octanol–water partition coefficient (Wildman–Crippen LogP) is 1.38. The number of nitrogens with zero attached hydrogens (tertiary/aromatic N) is 1. The van der Waals surface area contributed by atoms with Crippen LogP contribution >= 0.6 is 0 Å². The topological polar surface area (TPSA) is 38.7 Å². The van der Waals surface area contributed by atoms with E-state index in [2.05, 4.69) is 9.99 Å². The predicted molar refractivity (Wildman–Crippen MR) is 42.5 cm³/mol. The summed E-state index contributed by atoms with van der Waals surface area (Å²) in [6, 6.07) is 0. The molecule has 0 amide bonds. The molecule has 1 fully saturated rings. The van der Waals surface area contributed by atoms with Gasteiger partial charge in [0.1, 0.15) is 12.8 Å². The lowest BCUT2D eigenvalue weighted by Gasteiger charge is -1.98. The van der Waals surface area contributed by atoms with Crippen LogP contribution in [0.15, 0.2) is 5.16 Å². The van der Waals surface area contributed by atoms with E-state index in [4.69, 9.17) is 0 Å². The van der Waals surface area contributed by atoms with Gasteiger partial charge in [-0.3, -0.25) is 4.79 Å². The van der Waals surface area contributed by atoms with Gasteiger partial charge in [0.05, 0.1) is 0 Å². The Morgan fingerprint density at radius 3 is 2.64 bits per heavy atom. The molecule has 0 N–H and O–H groups in total. The monoisotopic (exact) mass is 155 g/mol. The van der Waals surface area contributed by atoms with Crippen LogP contribution in [0.4, 0.5) is 0 Å². The Kier molecular flexibility index (Phi) is 2.63. The van der Waals surface area contributed by atoms with Crippen LogP contribution in [-0.4, -0.2) is 18.6 Å². The van der Waals surface area contributed by atoms with Crippen molar-refractivity contribution < 1.29 is 9.63 Å². The maximum absolute atomic E-state index is 10.9. The third-order valence-electron chi connectivity index (χ3n) is 1.79. The van der Waals surface area contributed by atoms with Gasteiger partial charge in [-0.15, -0.1) is 0 Å². The molecule has 0 bridgehead atoms. The van der Waals surface area contributed by atoms with Gasteiger partial charge in [-0.25, -0.2) is 0 Å². The summed E-state index contributed by atoms with van der Waals surface area (Å²) in [5, 5.41) is 3.67. The second-order valence-corrected chi connectivity index (χ2v) is 2.92. The molecule has 62 valence electrons. The third-order valence-corrected chi connectivity index (χ3v) is 1.79. The molecular formula is C8H13NO2. The summed E-state index contributed by atoms with van der Waals surface area (Å²) in [4.78, 5) is 15.4. The van der Waals surface area contributed by atoms with Crippen molar-refractivity contribution in [3.63, 3.8) is 0 Å². The Bertz CT molecular complexity index is 183. The molecule has 0 spiro atoms. The van der Waals surface area contributed by atoms with Crippen LogP contribution in [0.1, 0.15) is 26.2 Å². The minimum absolute atomic E-state index is 0.0266. The van der Waals surface area contributed by atoms with Gasteiger partial charge in [0.2, 0.25) is 0 Å². The van der Waals surface area contributed by atoms with E-state index in [1.54, 1.807) is 0 Å². The lowest BCUT2D eigenvalue weighted by atomic mass is 10.1. The Hall–Kier alpha value is -0.860. The Labute approximate surface area is 66.4 Å². The van der Waals surface area contributed by atoms with Crippen molar-refractivity contribution in [3.8, 4) is 0 Å². The number of hydrogen-bond donors (Lipinski definition) is 0. The number of carbonyl (C=O) groups excluding carboxylic acids is 1. The summed E-state index contributed by atoms with van der Waals surface area (Å²) >= 11 is 0. The summed E-state index contributed by atoms with van der Waals surface area (Å²) in [7, 11) is 1.47. The molecule has 0 aromatic heterocycles. The number of oxime groups is 1. The fourth-order valence-corrected chi connectivity index (χ4v) is 0.951. The summed E-state index contributed by atoms with van der Waals surface area (Å²) in [6.45, 7) is 1.53. The summed E-state index contributed by atoms with van der Waals surface area (Å²) < 4.78 is 0. The van der Waals surface area contributed by atoms with E-state index in [0.29, 0.717) is 11.6 Å². The number of Topliss-reactive ketones (excluding diaryl/α,β-unsaturated/α-hetero) is 1. The van der Waals surface area contributed by atoms with E-state index in [-0.39, 0.29) is 5.78 Å². The number of hydrogen-bond acceptors (Lipinski definition) is 3. The van der Waals surface area contributed by atoms with Gasteiger partial charge >= 0.3 is 0 Å². The van der Waals surface area contributed by atoms with Crippen molar-refractivity contribution in [1.29, 1.82) is 0 Å². The minimum Gasteiger partial charge on any atom is -0.399 e. The average Bonchev–Trinajstić information content (AvgIpc) is 2.70. The summed E-state index contributed by atoms with van der Waals surface area (Å²) in [5.74, 6) is 0.714. The third kappa shape index (κ3) is 2.70. The van der Waals surface area contributed by atoms with Gasteiger partial charge in [-0.2, -0.15) is 0 Å². The van der Waals surface area contributed by atoms with E-state index in [1.807, 2.05) is 0 Å². The molecule has 0 radical (unpaired) electrons. The van der Waals surface area contributed by atoms with Crippen molar-refractivity contribution in [3.05, 3.63) is 0 Å². The summed E-state index contributed by atoms with van der Waals surface area (Å²) in [5.41, 5.74) is 0.579. The number of rotatable bonds is 4. The first-order valence-corrected chi connectivity index (χ1v) is 3.85. The van der Waals surface area contributed by atoms with Crippen LogP contribution in [0, 0.1) is 5.92 Å². The van der Waals surface area contributed by atoms with Crippen LogP contribution < -0.4 is 0 Å². The smallest absolute Gasteiger partial charge is 0.177 e. The molecule has 1 aliphatic carbocycles. The molecule has 0 unspecified atom stereocenters. The van der Waals surface area contributed by atoms with Crippen molar-refractivity contribution >= 4 is 11.5 Å². The molecule has 3 heteroatoms. The fourth-order valence-electron chi connectivity index (χ4n) is 0.951. The maximum atomic E-state index is 10.9. The summed E-state index contributed by atoms with van der Waals surface area (Å²) in [6.07, 6.45) is 3.26. The quantitative estimate of drug-likeness (QED) is 0.454. The molecule has 1 rings (SSSR count). The van der Waals surface area contributed by atoms with E-state index < -0.39 is 0 Å². The highest BCUT2D eigenvalue weighted by Crippen LogP contribution is 2.32. The molecule has 0 atom stereocenters. The Morgan fingerprint density at radius 1 is 1.64 bits per heavy atom. The average molecular weight is 155 g/mol. The van der Waals surface area contributed by atoms with E-state index in [0.717, 1.165) is 6.42 Å². The SMILES string of the molecule is CO/N=C(/CC1CC1)C(C)=O.